The van der Waals surface area contributed by atoms with E-state index >= 15 is 0 Å². The highest BCUT2D eigenvalue weighted by atomic mass is 16.6. The molecule has 0 radical (unpaired) electrons. The summed E-state index contributed by atoms with van der Waals surface area (Å²) in [5, 5.41) is 10.5. The molecule has 2 aromatic carbocycles. The average Bonchev–Trinajstić information content (AvgIpc) is 2.27. The summed E-state index contributed by atoms with van der Waals surface area (Å²) in [5.74, 6) is 4.14. The third-order valence-electron chi connectivity index (χ3n) is 2.23. The zero-order chi connectivity index (χ0) is 10.8. The highest BCUT2D eigenvalue weighted by Crippen LogP contribution is 2.27. The molecule has 0 spiro atoms. The van der Waals surface area contributed by atoms with Crippen molar-refractivity contribution in [3.63, 3.8) is 0 Å². The van der Waals surface area contributed by atoms with Crippen molar-refractivity contribution in [2.45, 2.75) is 0 Å². The lowest BCUT2D eigenvalue weighted by Crippen LogP contribution is -2.08. The molecule has 0 heterocycles. The zero-order valence-corrected chi connectivity index (χ0v) is 7.81. The van der Waals surface area contributed by atoms with Crippen LogP contribution >= 0.6 is 0 Å². The van der Waals surface area contributed by atoms with Crippen LogP contribution in [0.25, 0.3) is 10.8 Å². The van der Waals surface area contributed by atoms with E-state index in [4.69, 9.17) is 11.0 Å². The maximum Gasteiger partial charge on any atom is 0.340 e. The Morgan fingerprint density at radius 3 is 2.60 bits per heavy atom. The number of hydrogen-bond acceptors (Lipinski definition) is 3. The molecule has 0 saturated heterocycles. The predicted octanol–water partition coefficient (Wildman–Crippen LogP) is 1.79. The summed E-state index contributed by atoms with van der Waals surface area (Å²) in [6, 6.07) is 10.5. The Labute approximate surface area is 85.8 Å². The number of nitrogens with two attached hydrogens (primary N) is 1. The lowest BCUT2D eigenvalue weighted by atomic mass is 10.0. The van der Waals surface area contributed by atoms with Gasteiger partial charge in [-0.05, 0) is 11.5 Å². The van der Waals surface area contributed by atoms with E-state index in [0.717, 1.165) is 5.39 Å². The van der Waals surface area contributed by atoms with Crippen LogP contribution in [0.3, 0.4) is 0 Å². The van der Waals surface area contributed by atoms with E-state index in [1.807, 2.05) is 12.1 Å². The van der Waals surface area contributed by atoms with Gasteiger partial charge >= 0.3 is 5.97 Å². The molecule has 0 aliphatic carbocycles. The topological polar surface area (TPSA) is 72.5 Å². The second-order valence-corrected chi connectivity index (χ2v) is 3.08. The zero-order valence-electron chi connectivity index (χ0n) is 7.81. The molecule has 0 unspecified atom stereocenters. The van der Waals surface area contributed by atoms with Crippen LogP contribution in [0.2, 0.25) is 0 Å². The number of fused-ring (bicyclic) bond motifs is 1. The maximum atomic E-state index is 11.1. The van der Waals surface area contributed by atoms with Crippen molar-refractivity contribution in [2.75, 3.05) is 0 Å². The molecule has 0 aromatic heterocycles. The maximum absolute atomic E-state index is 11.1. The minimum absolute atomic E-state index is 0.0931. The predicted molar refractivity (Wildman–Crippen MR) is 55.7 cm³/mol. The van der Waals surface area contributed by atoms with Crippen molar-refractivity contribution < 1.29 is 14.7 Å². The van der Waals surface area contributed by atoms with Gasteiger partial charge in [0.25, 0.3) is 0 Å². The van der Waals surface area contributed by atoms with Gasteiger partial charge in [0, 0.05) is 5.39 Å². The van der Waals surface area contributed by atoms with Crippen LogP contribution in [-0.2, 0) is 0 Å². The number of carbonyl (C=O) groups is 1. The molecule has 0 aliphatic rings. The number of carboxylic acid groups (broad SMARTS) is 1. The molecule has 0 amide bonds. The van der Waals surface area contributed by atoms with Crippen LogP contribution in [0.1, 0.15) is 10.4 Å². The van der Waals surface area contributed by atoms with Crippen molar-refractivity contribution >= 4 is 16.7 Å². The fraction of sp³-hybridized carbons (Fsp3) is 0. The summed E-state index contributed by atoms with van der Waals surface area (Å²) in [7, 11) is 0. The van der Waals surface area contributed by atoms with E-state index in [2.05, 4.69) is 4.84 Å². The molecule has 0 atom stereocenters. The summed E-state index contributed by atoms with van der Waals surface area (Å²) in [6.45, 7) is 0. The minimum Gasteiger partial charge on any atom is -0.478 e. The summed E-state index contributed by atoms with van der Waals surface area (Å²) in [5.41, 5.74) is 0.0931. The summed E-state index contributed by atoms with van der Waals surface area (Å²) < 4.78 is 0. The van der Waals surface area contributed by atoms with Crippen LogP contribution in [0.5, 0.6) is 5.75 Å². The van der Waals surface area contributed by atoms with Crippen LogP contribution < -0.4 is 10.7 Å². The van der Waals surface area contributed by atoms with Crippen LogP contribution in [0.15, 0.2) is 36.4 Å². The molecule has 15 heavy (non-hydrogen) atoms. The molecule has 4 nitrogen and oxygen atoms in total. The Balaban J connectivity index is 2.85. The molecule has 2 rings (SSSR count). The Hall–Kier alpha value is -2.07. The molecule has 0 saturated carbocycles. The quantitative estimate of drug-likeness (QED) is 0.730. The first-order valence-electron chi connectivity index (χ1n) is 4.36. The normalized spacial score (nSPS) is 10.2. The van der Waals surface area contributed by atoms with Crippen LogP contribution in [0.4, 0.5) is 0 Å². The highest BCUT2D eigenvalue weighted by Gasteiger charge is 2.14. The summed E-state index contributed by atoms with van der Waals surface area (Å²) in [6.07, 6.45) is 0. The minimum atomic E-state index is -1.05. The number of carboxylic acids is 1. The molecule has 76 valence electrons. The van der Waals surface area contributed by atoms with E-state index in [1.54, 1.807) is 24.3 Å². The van der Waals surface area contributed by atoms with Gasteiger partial charge in [0.1, 0.15) is 5.56 Å². The van der Waals surface area contributed by atoms with Gasteiger partial charge in [0.05, 0.1) is 0 Å². The van der Waals surface area contributed by atoms with Crippen molar-refractivity contribution in [1.82, 2.24) is 0 Å². The van der Waals surface area contributed by atoms with Crippen molar-refractivity contribution in [1.29, 1.82) is 0 Å². The van der Waals surface area contributed by atoms with Crippen molar-refractivity contribution in [2.24, 2.45) is 5.90 Å². The van der Waals surface area contributed by atoms with E-state index < -0.39 is 5.97 Å². The SMILES string of the molecule is NOc1ccc2ccccc2c1C(=O)O. The van der Waals surface area contributed by atoms with Gasteiger partial charge in [-0.3, -0.25) is 0 Å². The Bertz CT molecular complexity index is 522. The van der Waals surface area contributed by atoms with Gasteiger partial charge in [-0.15, -0.1) is 0 Å². The Kier molecular flexibility index (Phi) is 2.27. The third-order valence-corrected chi connectivity index (χ3v) is 2.23. The first kappa shape index (κ1) is 9.48. The Morgan fingerprint density at radius 2 is 1.93 bits per heavy atom. The monoisotopic (exact) mass is 203 g/mol. The van der Waals surface area contributed by atoms with Gasteiger partial charge in [0.15, 0.2) is 5.75 Å². The van der Waals surface area contributed by atoms with E-state index in [9.17, 15) is 4.79 Å². The fourth-order valence-electron chi connectivity index (χ4n) is 1.57. The molecule has 3 N–H and O–H groups in total. The summed E-state index contributed by atoms with van der Waals surface area (Å²) in [4.78, 5) is 15.6. The molecule has 0 fully saturated rings. The van der Waals surface area contributed by atoms with Gasteiger partial charge < -0.3 is 9.94 Å². The van der Waals surface area contributed by atoms with Crippen molar-refractivity contribution in [3.8, 4) is 5.75 Å². The highest BCUT2D eigenvalue weighted by molar-refractivity contribution is 6.06. The number of aromatic carboxylic acids is 1. The molecule has 2 aromatic rings. The number of rotatable bonds is 2. The number of hydrogen-bond donors (Lipinski definition) is 2. The van der Waals surface area contributed by atoms with Gasteiger partial charge in [-0.1, -0.05) is 30.3 Å². The van der Waals surface area contributed by atoms with Gasteiger partial charge in [-0.25, -0.2) is 4.79 Å². The van der Waals surface area contributed by atoms with Crippen molar-refractivity contribution in [3.05, 3.63) is 42.0 Å². The fourth-order valence-corrected chi connectivity index (χ4v) is 1.57. The number of benzene rings is 2. The largest absolute Gasteiger partial charge is 0.478 e. The molecule has 0 aliphatic heterocycles. The molecule has 4 heteroatoms. The van der Waals surface area contributed by atoms with Gasteiger partial charge in [-0.2, -0.15) is 5.90 Å². The molecular weight excluding hydrogens is 194 g/mol. The van der Waals surface area contributed by atoms with Crippen LogP contribution in [-0.4, -0.2) is 11.1 Å². The lowest BCUT2D eigenvalue weighted by molar-refractivity contribution is 0.0694. The second-order valence-electron chi connectivity index (χ2n) is 3.08. The molecular formula is C11H9NO3. The van der Waals surface area contributed by atoms with Crippen LogP contribution in [0, 0.1) is 0 Å². The summed E-state index contributed by atoms with van der Waals surface area (Å²) >= 11 is 0. The first-order chi connectivity index (χ1) is 7.24. The first-order valence-corrected chi connectivity index (χ1v) is 4.36. The standard InChI is InChI=1S/C11H9NO3/c12-15-9-6-5-7-3-1-2-4-8(7)10(9)11(13)14/h1-6H,12H2,(H,13,14). The second kappa shape index (κ2) is 3.59. The van der Waals surface area contributed by atoms with E-state index in [1.165, 1.54) is 0 Å². The van der Waals surface area contributed by atoms with Gasteiger partial charge in [0.2, 0.25) is 0 Å². The van der Waals surface area contributed by atoms with E-state index in [-0.39, 0.29) is 11.3 Å². The smallest absolute Gasteiger partial charge is 0.340 e. The molecule has 0 bridgehead atoms. The third kappa shape index (κ3) is 1.51. The average molecular weight is 203 g/mol. The van der Waals surface area contributed by atoms with E-state index in [0.29, 0.717) is 5.39 Å². The lowest BCUT2D eigenvalue weighted by Gasteiger charge is -2.06. The Morgan fingerprint density at radius 1 is 1.20 bits per heavy atom.